The van der Waals surface area contributed by atoms with Crippen LogP contribution in [0.3, 0.4) is 0 Å². The van der Waals surface area contributed by atoms with E-state index in [1.807, 2.05) is 37.3 Å². The lowest BCUT2D eigenvalue weighted by Gasteiger charge is -2.21. The number of amides is 1. The average Bonchev–Trinajstić information content (AvgIpc) is 2.64. The summed E-state index contributed by atoms with van der Waals surface area (Å²) in [6, 6.07) is 15.9. The fourth-order valence-electron chi connectivity index (χ4n) is 3.59. The monoisotopic (exact) mass is 321 g/mol. The van der Waals surface area contributed by atoms with Gasteiger partial charge in [-0.2, -0.15) is 0 Å². The molecule has 1 saturated carbocycles. The van der Waals surface area contributed by atoms with Crippen LogP contribution in [0, 0.1) is 12.8 Å². The predicted octanol–water partition coefficient (Wildman–Crippen LogP) is 5.76. The van der Waals surface area contributed by atoms with E-state index in [0.717, 1.165) is 23.6 Å². The van der Waals surface area contributed by atoms with E-state index in [0.29, 0.717) is 5.56 Å². The molecule has 0 heterocycles. The number of hydrogen-bond acceptors (Lipinski definition) is 1. The minimum Gasteiger partial charge on any atom is -0.322 e. The van der Waals surface area contributed by atoms with Crippen molar-refractivity contribution in [3.8, 4) is 0 Å². The molecule has 0 aliphatic heterocycles. The van der Waals surface area contributed by atoms with E-state index in [4.69, 9.17) is 0 Å². The van der Waals surface area contributed by atoms with Crippen LogP contribution in [0.1, 0.15) is 60.0 Å². The summed E-state index contributed by atoms with van der Waals surface area (Å²) in [5.74, 6) is 0.852. The summed E-state index contributed by atoms with van der Waals surface area (Å²) in [6.45, 7) is 2.05. The first kappa shape index (κ1) is 16.8. The number of nitrogens with one attached hydrogen (secondary N) is 1. The average molecular weight is 321 g/mol. The zero-order valence-corrected chi connectivity index (χ0v) is 14.6. The molecule has 0 radical (unpaired) electrons. The third-order valence-corrected chi connectivity index (χ3v) is 5.15. The molecule has 2 aromatic carbocycles. The molecule has 1 amide bonds. The van der Waals surface area contributed by atoms with E-state index < -0.39 is 0 Å². The Hall–Kier alpha value is -2.09. The van der Waals surface area contributed by atoms with Crippen molar-refractivity contribution in [3.05, 3.63) is 65.2 Å². The number of hydrogen-bond donors (Lipinski definition) is 1. The maximum absolute atomic E-state index is 12.4. The van der Waals surface area contributed by atoms with Crippen LogP contribution in [0.2, 0.25) is 0 Å². The molecular formula is C22H27NO. The van der Waals surface area contributed by atoms with Gasteiger partial charge in [-0.25, -0.2) is 0 Å². The third kappa shape index (κ3) is 4.47. The van der Waals surface area contributed by atoms with Crippen molar-refractivity contribution in [2.75, 3.05) is 5.32 Å². The maximum atomic E-state index is 12.4. The lowest BCUT2D eigenvalue weighted by molar-refractivity contribution is 0.102. The van der Waals surface area contributed by atoms with Crippen LogP contribution >= 0.6 is 0 Å². The number of rotatable bonds is 5. The molecule has 1 aliphatic rings. The van der Waals surface area contributed by atoms with Gasteiger partial charge in [0.1, 0.15) is 0 Å². The molecule has 24 heavy (non-hydrogen) atoms. The molecule has 0 atom stereocenters. The fourth-order valence-corrected chi connectivity index (χ4v) is 3.59. The van der Waals surface area contributed by atoms with E-state index in [2.05, 4.69) is 23.5 Å². The standard InChI is InChI=1S/C22H27NO/c1-17-12-13-19(15-14-18-8-4-2-5-9-18)16-21(17)23-22(24)20-10-6-3-7-11-20/h3,6-7,10-13,16,18H,2,4-5,8-9,14-15H2,1H3,(H,23,24). The highest BCUT2D eigenvalue weighted by atomic mass is 16.1. The normalized spacial score (nSPS) is 15.2. The van der Waals surface area contributed by atoms with Crippen molar-refractivity contribution in [2.45, 2.75) is 51.9 Å². The lowest BCUT2D eigenvalue weighted by Crippen LogP contribution is -2.13. The predicted molar refractivity (Wildman–Crippen MR) is 100 cm³/mol. The van der Waals surface area contributed by atoms with Crippen molar-refractivity contribution in [2.24, 2.45) is 5.92 Å². The van der Waals surface area contributed by atoms with Crippen LogP contribution in [0.15, 0.2) is 48.5 Å². The first-order chi connectivity index (χ1) is 11.7. The molecule has 2 aromatic rings. The summed E-state index contributed by atoms with van der Waals surface area (Å²) < 4.78 is 0. The van der Waals surface area contributed by atoms with Gasteiger partial charge in [0.2, 0.25) is 0 Å². The van der Waals surface area contributed by atoms with Gasteiger partial charge < -0.3 is 5.32 Å². The minimum atomic E-state index is -0.0388. The van der Waals surface area contributed by atoms with Crippen LogP contribution in [-0.4, -0.2) is 5.91 Å². The number of anilines is 1. The molecule has 0 spiro atoms. The topological polar surface area (TPSA) is 29.1 Å². The molecular weight excluding hydrogens is 294 g/mol. The molecule has 0 unspecified atom stereocenters. The van der Waals surface area contributed by atoms with Gasteiger partial charge in [0.05, 0.1) is 0 Å². The highest BCUT2D eigenvalue weighted by Gasteiger charge is 2.14. The number of benzene rings is 2. The number of carbonyl (C=O) groups is 1. The van der Waals surface area contributed by atoms with Crippen LogP contribution in [0.25, 0.3) is 0 Å². The third-order valence-electron chi connectivity index (χ3n) is 5.15. The summed E-state index contributed by atoms with van der Waals surface area (Å²) in [7, 11) is 0. The fraction of sp³-hybridized carbons (Fsp3) is 0.409. The molecule has 0 saturated heterocycles. The van der Waals surface area contributed by atoms with Crippen molar-refractivity contribution < 1.29 is 4.79 Å². The Morgan fingerprint density at radius 2 is 1.79 bits per heavy atom. The molecule has 1 N–H and O–H groups in total. The lowest BCUT2D eigenvalue weighted by atomic mass is 9.85. The van der Waals surface area contributed by atoms with Gasteiger partial charge in [-0.15, -0.1) is 0 Å². The quantitative estimate of drug-likeness (QED) is 0.745. The smallest absolute Gasteiger partial charge is 0.255 e. The minimum absolute atomic E-state index is 0.0388. The molecule has 0 bridgehead atoms. The van der Waals surface area contributed by atoms with Gasteiger partial charge in [0, 0.05) is 11.3 Å². The highest BCUT2D eigenvalue weighted by molar-refractivity contribution is 6.04. The molecule has 1 aliphatic carbocycles. The number of carbonyl (C=O) groups excluding carboxylic acids is 1. The van der Waals surface area contributed by atoms with Gasteiger partial charge in [0.15, 0.2) is 0 Å². The summed E-state index contributed by atoms with van der Waals surface area (Å²) >= 11 is 0. The summed E-state index contributed by atoms with van der Waals surface area (Å²) in [5.41, 5.74) is 4.07. The molecule has 126 valence electrons. The summed E-state index contributed by atoms with van der Waals surface area (Å²) in [6.07, 6.45) is 9.38. The van der Waals surface area contributed by atoms with Gasteiger partial charge >= 0.3 is 0 Å². The largest absolute Gasteiger partial charge is 0.322 e. The Balaban J connectivity index is 1.64. The van der Waals surface area contributed by atoms with E-state index in [1.165, 1.54) is 44.1 Å². The Morgan fingerprint density at radius 1 is 1.04 bits per heavy atom. The first-order valence-corrected chi connectivity index (χ1v) is 9.18. The van der Waals surface area contributed by atoms with Gasteiger partial charge in [0.25, 0.3) is 5.91 Å². The van der Waals surface area contributed by atoms with Crippen molar-refractivity contribution >= 4 is 11.6 Å². The van der Waals surface area contributed by atoms with Gasteiger partial charge in [-0.1, -0.05) is 62.4 Å². The van der Waals surface area contributed by atoms with E-state index in [-0.39, 0.29) is 5.91 Å². The Labute approximate surface area is 145 Å². The van der Waals surface area contributed by atoms with E-state index in [1.54, 1.807) is 0 Å². The van der Waals surface area contributed by atoms with Crippen LogP contribution in [-0.2, 0) is 6.42 Å². The molecule has 3 rings (SSSR count). The maximum Gasteiger partial charge on any atom is 0.255 e. The Bertz CT molecular complexity index is 672. The Kier molecular flexibility index (Phi) is 5.68. The second-order valence-corrected chi connectivity index (χ2v) is 7.01. The van der Waals surface area contributed by atoms with Crippen LogP contribution in [0.5, 0.6) is 0 Å². The second-order valence-electron chi connectivity index (χ2n) is 7.01. The first-order valence-electron chi connectivity index (χ1n) is 9.18. The second kappa shape index (κ2) is 8.14. The van der Waals surface area contributed by atoms with Gasteiger partial charge in [-0.05, 0) is 55.0 Å². The molecule has 1 fully saturated rings. The Morgan fingerprint density at radius 3 is 2.54 bits per heavy atom. The van der Waals surface area contributed by atoms with Crippen LogP contribution in [0.4, 0.5) is 5.69 Å². The zero-order chi connectivity index (χ0) is 16.8. The highest BCUT2D eigenvalue weighted by Crippen LogP contribution is 2.28. The van der Waals surface area contributed by atoms with Crippen molar-refractivity contribution in [1.29, 1.82) is 0 Å². The van der Waals surface area contributed by atoms with E-state index in [9.17, 15) is 4.79 Å². The molecule has 0 aromatic heterocycles. The molecule has 2 heteroatoms. The SMILES string of the molecule is Cc1ccc(CCC2CCCCC2)cc1NC(=O)c1ccccc1. The number of aryl methyl sites for hydroxylation is 2. The molecule has 2 nitrogen and oxygen atoms in total. The van der Waals surface area contributed by atoms with Crippen LogP contribution < -0.4 is 5.32 Å². The summed E-state index contributed by atoms with van der Waals surface area (Å²) in [4.78, 5) is 12.4. The summed E-state index contributed by atoms with van der Waals surface area (Å²) in [5, 5.41) is 3.07. The van der Waals surface area contributed by atoms with Gasteiger partial charge in [-0.3, -0.25) is 4.79 Å². The zero-order valence-electron chi connectivity index (χ0n) is 14.6. The van der Waals surface area contributed by atoms with E-state index >= 15 is 0 Å². The van der Waals surface area contributed by atoms with Crippen molar-refractivity contribution in [1.82, 2.24) is 0 Å². The van der Waals surface area contributed by atoms with Crippen molar-refractivity contribution in [3.63, 3.8) is 0 Å².